The molecule has 15 heavy (non-hydrogen) atoms. The van der Waals surface area contributed by atoms with Crippen LogP contribution in [-0.2, 0) is 0 Å². The third-order valence-electron chi connectivity index (χ3n) is 1.95. The van der Waals surface area contributed by atoms with Crippen LogP contribution in [0.3, 0.4) is 0 Å². The first-order valence-corrected chi connectivity index (χ1v) is 4.51. The van der Waals surface area contributed by atoms with Gasteiger partial charge in [-0.15, -0.1) is 0 Å². The first-order valence-electron chi connectivity index (χ1n) is 4.51. The van der Waals surface area contributed by atoms with Crippen LogP contribution in [0.1, 0.15) is 21.7 Å². The molecule has 4 heteroatoms. The maximum Gasteiger partial charge on any atom is 0.213 e. The zero-order valence-electron chi connectivity index (χ0n) is 8.21. The molecule has 2 heterocycles. The molecule has 0 saturated heterocycles. The molecule has 2 aromatic heterocycles. The van der Waals surface area contributed by atoms with Crippen molar-refractivity contribution >= 4 is 5.78 Å². The van der Waals surface area contributed by atoms with Gasteiger partial charge in [0.1, 0.15) is 5.69 Å². The highest BCUT2D eigenvalue weighted by atomic mass is 16.1. The lowest BCUT2D eigenvalue weighted by Crippen LogP contribution is -2.04. The molecule has 0 N–H and O–H groups in total. The zero-order chi connectivity index (χ0) is 10.7. The summed E-state index contributed by atoms with van der Waals surface area (Å²) in [6.45, 7) is 1.84. The lowest BCUT2D eigenvalue weighted by molar-refractivity contribution is 0.103. The summed E-state index contributed by atoms with van der Waals surface area (Å²) in [5.41, 5.74) is 1.75. The minimum Gasteiger partial charge on any atom is -0.287 e. The normalized spacial score (nSPS) is 9.93. The molecule has 0 bridgehead atoms. The molecule has 0 amide bonds. The topological polar surface area (TPSA) is 55.7 Å². The number of nitrogens with zero attached hydrogens (tertiary/aromatic N) is 3. The molecule has 2 aromatic rings. The van der Waals surface area contributed by atoms with Gasteiger partial charge in [0, 0.05) is 29.8 Å². The largest absolute Gasteiger partial charge is 0.287 e. The van der Waals surface area contributed by atoms with E-state index in [0.29, 0.717) is 11.3 Å². The second-order valence-electron chi connectivity index (χ2n) is 3.11. The van der Waals surface area contributed by atoms with Gasteiger partial charge >= 0.3 is 0 Å². The second kappa shape index (κ2) is 3.96. The molecule has 0 radical (unpaired) electrons. The van der Waals surface area contributed by atoms with Crippen LogP contribution in [0.25, 0.3) is 0 Å². The standard InChI is InChI=1S/C11H9N3O/c1-8-6-9(2-3-13-8)11(15)10-7-12-4-5-14-10/h2-7H,1H3. The number of ketones is 1. The molecule has 2 rings (SSSR count). The molecular formula is C11H9N3O. The lowest BCUT2D eigenvalue weighted by atomic mass is 10.1. The highest BCUT2D eigenvalue weighted by Gasteiger charge is 2.10. The van der Waals surface area contributed by atoms with Crippen LogP contribution in [0, 0.1) is 6.92 Å². The Balaban J connectivity index is 2.37. The Bertz CT molecular complexity index is 482. The van der Waals surface area contributed by atoms with Crippen molar-refractivity contribution in [1.29, 1.82) is 0 Å². The van der Waals surface area contributed by atoms with Crippen molar-refractivity contribution in [2.24, 2.45) is 0 Å². The van der Waals surface area contributed by atoms with Crippen molar-refractivity contribution in [1.82, 2.24) is 15.0 Å². The van der Waals surface area contributed by atoms with E-state index in [9.17, 15) is 4.79 Å². The van der Waals surface area contributed by atoms with E-state index in [1.54, 1.807) is 18.3 Å². The third kappa shape index (κ3) is 2.04. The van der Waals surface area contributed by atoms with Crippen molar-refractivity contribution in [3.63, 3.8) is 0 Å². The van der Waals surface area contributed by atoms with Crippen molar-refractivity contribution in [2.75, 3.05) is 0 Å². The molecule has 0 aliphatic rings. The minimum atomic E-state index is -0.131. The van der Waals surface area contributed by atoms with Gasteiger partial charge in [-0.3, -0.25) is 14.8 Å². The van der Waals surface area contributed by atoms with Gasteiger partial charge in [0.25, 0.3) is 0 Å². The minimum absolute atomic E-state index is 0.131. The van der Waals surface area contributed by atoms with Crippen LogP contribution in [-0.4, -0.2) is 20.7 Å². The summed E-state index contributed by atoms with van der Waals surface area (Å²) in [5, 5.41) is 0. The molecule has 0 unspecified atom stereocenters. The van der Waals surface area contributed by atoms with Gasteiger partial charge in [-0.2, -0.15) is 0 Å². The number of hydrogen-bond donors (Lipinski definition) is 0. The van der Waals surface area contributed by atoms with E-state index in [-0.39, 0.29) is 5.78 Å². The fraction of sp³-hybridized carbons (Fsp3) is 0.0909. The van der Waals surface area contributed by atoms with Gasteiger partial charge in [-0.1, -0.05) is 0 Å². The van der Waals surface area contributed by atoms with Gasteiger partial charge in [0.2, 0.25) is 5.78 Å². The van der Waals surface area contributed by atoms with Crippen LogP contribution in [0.5, 0.6) is 0 Å². The van der Waals surface area contributed by atoms with Crippen LogP contribution >= 0.6 is 0 Å². The van der Waals surface area contributed by atoms with Gasteiger partial charge in [-0.25, -0.2) is 4.98 Å². The average Bonchev–Trinajstić information content (AvgIpc) is 2.29. The highest BCUT2D eigenvalue weighted by molar-refractivity contribution is 6.07. The Morgan fingerprint density at radius 2 is 2.07 bits per heavy atom. The molecule has 0 fully saturated rings. The number of carbonyl (C=O) groups is 1. The molecule has 74 valence electrons. The van der Waals surface area contributed by atoms with Crippen LogP contribution in [0.4, 0.5) is 0 Å². The highest BCUT2D eigenvalue weighted by Crippen LogP contribution is 2.06. The quantitative estimate of drug-likeness (QED) is 0.686. The predicted molar refractivity (Wildman–Crippen MR) is 54.4 cm³/mol. The van der Waals surface area contributed by atoms with E-state index in [0.717, 1.165) is 5.69 Å². The SMILES string of the molecule is Cc1cc(C(=O)c2cnccn2)ccn1. The molecule has 0 spiro atoms. The third-order valence-corrected chi connectivity index (χ3v) is 1.95. The van der Waals surface area contributed by atoms with Crippen molar-refractivity contribution in [3.8, 4) is 0 Å². The smallest absolute Gasteiger partial charge is 0.213 e. The van der Waals surface area contributed by atoms with Gasteiger partial charge in [0.15, 0.2) is 0 Å². The van der Waals surface area contributed by atoms with E-state index < -0.39 is 0 Å². The maximum atomic E-state index is 11.9. The molecule has 0 saturated carbocycles. The number of hydrogen-bond acceptors (Lipinski definition) is 4. The zero-order valence-corrected chi connectivity index (χ0v) is 8.21. The van der Waals surface area contributed by atoms with Crippen molar-refractivity contribution in [2.45, 2.75) is 6.92 Å². The summed E-state index contributed by atoms with van der Waals surface area (Å²) in [4.78, 5) is 23.7. The first-order chi connectivity index (χ1) is 7.27. The second-order valence-corrected chi connectivity index (χ2v) is 3.11. The monoisotopic (exact) mass is 199 g/mol. The fourth-order valence-electron chi connectivity index (χ4n) is 1.25. The number of carbonyl (C=O) groups excluding carboxylic acids is 1. The Kier molecular flexibility index (Phi) is 2.49. The van der Waals surface area contributed by atoms with E-state index >= 15 is 0 Å². The van der Waals surface area contributed by atoms with Crippen LogP contribution in [0.15, 0.2) is 36.9 Å². The summed E-state index contributed by atoms with van der Waals surface area (Å²) < 4.78 is 0. The summed E-state index contributed by atoms with van der Waals surface area (Å²) in [6, 6.07) is 3.40. The fourth-order valence-corrected chi connectivity index (χ4v) is 1.25. The predicted octanol–water partition coefficient (Wildman–Crippen LogP) is 1.41. The van der Waals surface area contributed by atoms with E-state index in [4.69, 9.17) is 0 Å². The van der Waals surface area contributed by atoms with Gasteiger partial charge < -0.3 is 0 Å². The molecule has 0 aromatic carbocycles. The number of aromatic nitrogens is 3. The van der Waals surface area contributed by atoms with E-state index in [2.05, 4.69) is 15.0 Å². The Hall–Kier alpha value is -2.10. The number of rotatable bonds is 2. The Labute approximate surface area is 87.0 Å². The Morgan fingerprint density at radius 1 is 1.20 bits per heavy atom. The van der Waals surface area contributed by atoms with Crippen LogP contribution in [0.2, 0.25) is 0 Å². The van der Waals surface area contributed by atoms with E-state index in [1.165, 1.54) is 18.6 Å². The molecular weight excluding hydrogens is 190 g/mol. The summed E-state index contributed by atoms with van der Waals surface area (Å²) in [7, 11) is 0. The first kappa shape index (κ1) is 9.45. The van der Waals surface area contributed by atoms with E-state index in [1.807, 2.05) is 6.92 Å². The van der Waals surface area contributed by atoms with Crippen molar-refractivity contribution in [3.05, 3.63) is 53.9 Å². The summed E-state index contributed by atoms with van der Waals surface area (Å²) in [6.07, 6.45) is 6.10. The lowest BCUT2D eigenvalue weighted by Gasteiger charge is -1.99. The molecule has 4 nitrogen and oxygen atoms in total. The molecule has 0 aliphatic carbocycles. The molecule has 0 aliphatic heterocycles. The summed E-state index contributed by atoms with van der Waals surface area (Å²) in [5.74, 6) is -0.131. The number of aryl methyl sites for hydroxylation is 1. The Morgan fingerprint density at radius 3 is 2.73 bits per heavy atom. The summed E-state index contributed by atoms with van der Waals surface area (Å²) >= 11 is 0. The maximum absolute atomic E-state index is 11.9. The van der Waals surface area contributed by atoms with Crippen molar-refractivity contribution < 1.29 is 4.79 Å². The van der Waals surface area contributed by atoms with Crippen LogP contribution < -0.4 is 0 Å². The molecule has 0 atom stereocenters. The number of pyridine rings is 1. The van der Waals surface area contributed by atoms with Gasteiger partial charge in [-0.05, 0) is 19.1 Å². The average molecular weight is 199 g/mol. The van der Waals surface area contributed by atoms with Gasteiger partial charge in [0.05, 0.1) is 6.20 Å².